The summed E-state index contributed by atoms with van der Waals surface area (Å²) in [6, 6.07) is 16.9. The number of aromatic nitrogens is 4. The van der Waals surface area contributed by atoms with Crippen LogP contribution >= 0.6 is 0 Å². The van der Waals surface area contributed by atoms with Crippen LogP contribution in [0.1, 0.15) is 50.0 Å². The number of nitrogens with zero attached hydrogens (tertiary/aromatic N) is 6. The predicted molar refractivity (Wildman–Crippen MR) is 215 cm³/mol. The van der Waals surface area contributed by atoms with E-state index in [0.29, 0.717) is 36.8 Å². The van der Waals surface area contributed by atoms with Crippen molar-refractivity contribution in [2.24, 2.45) is 23.7 Å². The molecule has 6 atom stereocenters. The number of benzene rings is 2. The number of fused-ring (bicyclic) bond motifs is 2. The van der Waals surface area contributed by atoms with E-state index in [2.05, 4.69) is 68.9 Å². The van der Waals surface area contributed by atoms with Gasteiger partial charge in [0.25, 0.3) is 0 Å². The fraction of sp³-hybridized carbons (Fsp3) is 0.409. The van der Waals surface area contributed by atoms with Crippen molar-refractivity contribution in [2.45, 2.75) is 38.9 Å². The van der Waals surface area contributed by atoms with E-state index in [1.54, 1.807) is 32.7 Å². The summed E-state index contributed by atoms with van der Waals surface area (Å²) in [6.07, 6.45) is 8.89. The Kier molecular flexibility index (Phi) is 11.8. The van der Waals surface area contributed by atoms with Gasteiger partial charge in [-0.3, -0.25) is 19.8 Å². The molecule has 3 unspecified atom stereocenters. The van der Waals surface area contributed by atoms with Crippen LogP contribution in [-0.4, -0.2) is 88.3 Å². The topological polar surface area (TPSA) is 115 Å². The normalized spacial score (nSPS) is 21.8. The van der Waals surface area contributed by atoms with Crippen LogP contribution in [0.25, 0.3) is 21.8 Å². The molecule has 2 aliphatic heterocycles. The van der Waals surface area contributed by atoms with Crippen molar-refractivity contribution >= 4 is 21.8 Å². The van der Waals surface area contributed by atoms with E-state index in [1.165, 1.54) is 0 Å². The Balaban J connectivity index is 1.24. The Morgan fingerprint density at radius 1 is 0.709 bits per heavy atom. The van der Waals surface area contributed by atoms with E-state index in [4.69, 9.17) is 18.9 Å². The molecule has 2 saturated heterocycles. The molecular formula is C44H52N6O5. The summed E-state index contributed by atoms with van der Waals surface area (Å²) >= 11 is 0. The summed E-state index contributed by atoms with van der Waals surface area (Å²) < 4.78 is 24.8. The molecule has 7 rings (SSSR count). The number of likely N-dealkylation sites (tertiary alicyclic amines) is 2. The molecule has 0 radical (unpaired) electrons. The number of ether oxygens (including phenoxy) is 4. The van der Waals surface area contributed by atoms with Crippen molar-refractivity contribution in [3.8, 4) is 29.3 Å². The third kappa shape index (κ3) is 8.68. The summed E-state index contributed by atoms with van der Waals surface area (Å²) in [5, 5.41) is 12.8. The summed E-state index contributed by atoms with van der Waals surface area (Å²) in [5.74, 6) is 3.71. The molecule has 0 spiro atoms. The molecule has 0 aliphatic carbocycles. The quantitative estimate of drug-likeness (QED) is 0.112. The molecule has 2 fully saturated rings. The zero-order valence-corrected chi connectivity index (χ0v) is 32.3. The minimum atomic E-state index is -0.475. The summed E-state index contributed by atoms with van der Waals surface area (Å²) in [5.41, 5.74) is 3.52. The maximum atomic E-state index is 11.0. The first-order valence-electron chi connectivity index (χ1n) is 19.2. The largest absolute Gasteiger partial charge is 0.497 e. The number of hydrogen-bond donors (Lipinski definition) is 1. The maximum Gasteiger partial charge on any atom is 0.320 e. The van der Waals surface area contributed by atoms with Gasteiger partial charge in [0.2, 0.25) is 11.8 Å². The minimum absolute atomic E-state index is 0.199. The first-order valence-corrected chi connectivity index (χ1v) is 19.2. The van der Waals surface area contributed by atoms with Gasteiger partial charge in [0.15, 0.2) is 0 Å². The molecule has 2 aromatic carbocycles. The van der Waals surface area contributed by atoms with E-state index in [-0.39, 0.29) is 11.8 Å². The van der Waals surface area contributed by atoms with Crippen molar-refractivity contribution < 1.29 is 24.1 Å². The van der Waals surface area contributed by atoms with Gasteiger partial charge in [-0.1, -0.05) is 26.0 Å². The third-order valence-electron chi connectivity index (χ3n) is 11.5. The Morgan fingerprint density at radius 3 is 1.58 bits per heavy atom. The average molecular weight is 745 g/mol. The van der Waals surface area contributed by atoms with Crippen LogP contribution in [0.5, 0.6) is 29.3 Å². The number of piperidine rings is 2. The number of hydrogen-bond acceptors (Lipinski definition) is 11. The highest BCUT2D eigenvalue weighted by molar-refractivity contribution is 5.84. The Labute approximate surface area is 323 Å². The molecule has 5 aromatic rings. The Bertz CT molecular complexity index is 1980. The first kappa shape index (κ1) is 38.0. The molecule has 5 heterocycles. The van der Waals surface area contributed by atoms with E-state index in [0.717, 1.165) is 83.5 Å². The van der Waals surface area contributed by atoms with Crippen molar-refractivity contribution in [2.75, 3.05) is 53.5 Å². The standard InChI is InChI=1S/C44H52N6O5/c1-7-30-24-49(19-15-28(30)3)26-40(34-13-17-45-38-11-9-32(52-5)21-36(34)38)54-42-23-43(48-44(51)47-42)55-41(27-50-20-16-29(4)31(8-2)25-50)35-14-18-46-39-12-10-33(53-6)22-37(35)39/h7-14,17-18,21-23,28-31,40-41H,1-2,15-16,19-20,24-27H2,3-6H3,(H,47,48,51)/t28?,29?,30-,31+,40+,41?/m0/s1. The van der Waals surface area contributed by atoms with E-state index in [9.17, 15) is 5.11 Å². The summed E-state index contributed by atoms with van der Waals surface area (Å²) in [7, 11) is 3.31. The number of pyridine rings is 2. The van der Waals surface area contributed by atoms with Crippen molar-refractivity contribution in [3.05, 3.63) is 103 Å². The lowest BCUT2D eigenvalue weighted by Crippen LogP contribution is -2.41. The second-order valence-electron chi connectivity index (χ2n) is 15.0. The van der Waals surface area contributed by atoms with Crippen LogP contribution < -0.4 is 18.9 Å². The molecule has 3 aromatic heterocycles. The molecule has 11 nitrogen and oxygen atoms in total. The molecule has 0 amide bonds. The minimum Gasteiger partial charge on any atom is -0.497 e. The van der Waals surface area contributed by atoms with Gasteiger partial charge in [-0.15, -0.1) is 13.2 Å². The fourth-order valence-corrected chi connectivity index (χ4v) is 8.07. The number of rotatable bonds is 14. The van der Waals surface area contributed by atoms with E-state index < -0.39 is 18.2 Å². The van der Waals surface area contributed by atoms with Gasteiger partial charge >= 0.3 is 6.01 Å². The van der Waals surface area contributed by atoms with Gasteiger partial charge in [-0.25, -0.2) is 0 Å². The smallest absolute Gasteiger partial charge is 0.320 e. The lowest BCUT2D eigenvalue weighted by atomic mass is 9.87. The molecule has 0 bridgehead atoms. The van der Waals surface area contributed by atoms with Crippen LogP contribution in [0.2, 0.25) is 0 Å². The molecular weight excluding hydrogens is 693 g/mol. The molecule has 0 saturated carbocycles. The highest BCUT2D eigenvalue weighted by Gasteiger charge is 2.30. The van der Waals surface area contributed by atoms with E-state index in [1.807, 2.05) is 48.5 Å². The highest BCUT2D eigenvalue weighted by Crippen LogP contribution is 2.36. The van der Waals surface area contributed by atoms with Gasteiger partial charge in [0.05, 0.1) is 31.3 Å². The predicted octanol–water partition coefficient (Wildman–Crippen LogP) is 7.82. The van der Waals surface area contributed by atoms with Crippen LogP contribution in [0.15, 0.2) is 92.3 Å². The van der Waals surface area contributed by atoms with Crippen LogP contribution in [-0.2, 0) is 0 Å². The highest BCUT2D eigenvalue weighted by atomic mass is 16.5. The molecule has 1 N–H and O–H groups in total. The summed E-state index contributed by atoms with van der Waals surface area (Å²) in [6.45, 7) is 17.6. The molecule has 11 heteroatoms. The second kappa shape index (κ2) is 17.0. The average Bonchev–Trinajstić information content (AvgIpc) is 3.20. The van der Waals surface area contributed by atoms with Crippen molar-refractivity contribution in [1.29, 1.82) is 0 Å². The van der Waals surface area contributed by atoms with E-state index >= 15 is 0 Å². The second-order valence-corrected chi connectivity index (χ2v) is 15.0. The van der Waals surface area contributed by atoms with Gasteiger partial charge in [-0.05, 0) is 98.1 Å². The molecule has 2 aliphatic rings. The van der Waals surface area contributed by atoms with Gasteiger partial charge < -0.3 is 24.1 Å². The number of aromatic hydroxyl groups is 1. The fourth-order valence-electron chi connectivity index (χ4n) is 8.07. The van der Waals surface area contributed by atoms with Crippen molar-refractivity contribution in [1.82, 2.24) is 29.7 Å². The Hall–Kier alpha value is -5.26. The van der Waals surface area contributed by atoms with Gasteiger partial charge in [0, 0.05) is 60.5 Å². The maximum absolute atomic E-state index is 11.0. The van der Waals surface area contributed by atoms with Gasteiger partial charge in [0.1, 0.15) is 23.7 Å². The zero-order valence-electron chi connectivity index (χ0n) is 32.3. The zero-order chi connectivity index (χ0) is 38.5. The lowest BCUT2D eigenvalue weighted by molar-refractivity contribution is 0.0821. The Morgan fingerprint density at radius 2 is 1.16 bits per heavy atom. The first-order chi connectivity index (χ1) is 26.7. The summed E-state index contributed by atoms with van der Waals surface area (Å²) in [4.78, 5) is 22.8. The third-order valence-corrected chi connectivity index (χ3v) is 11.5. The SMILES string of the molecule is C=C[C@@H]1CN(CC(Oc2cc(O[C@H](CN3CCC(C)[C@@H](C=C)C3)c3ccnc4ccc(OC)cc34)nc(O)n2)c2ccnc3ccc(OC)cc23)CCC1C. The van der Waals surface area contributed by atoms with Crippen LogP contribution in [0, 0.1) is 23.7 Å². The van der Waals surface area contributed by atoms with Crippen LogP contribution in [0.4, 0.5) is 0 Å². The molecule has 288 valence electrons. The monoisotopic (exact) mass is 744 g/mol. The molecule has 55 heavy (non-hydrogen) atoms. The lowest BCUT2D eigenvalue weighted by Gasteiger charge is -2.37. The van der Waals surface area contributed by atoms with Gasteiger partial charge in [-0.2, -0.15) is 9.97 Å². The van der Waals surface area contributed by atoms with Crippen molar-refractivity contribution in [3.63, 3.8) is 0 Å². The van der Waals surface area contributed by atoms with Crippen LogP contribution in [0.3, 0.4) is 0 Å². The number of methoxy groups -OCH3 is 2.